The Bertz CT molecular complexity index is 1030. The van der Waals surface area contributed by atoms with Gasteiger partial charge in [-0.05, 0) is 54.6 Å². The van der Waals surface area contributed by atoms with Gasteiger partial charge in [-0.3, -0.25) is 9.59 Å². The summed E-state index contributed by atoms with van der Waals surface area (Å²) < 4.78 is 0. The molecule has 2 N–H and O–H groups in total. The molecule has 1 aromatic heterocycles. The fraction of sp³-hybridized carbons (Fsp3) is 0.200. The fourth-order valence-corrected chi connectivity index (χ4v) is 3.77. The van der Waals surface area contributed by atoms with E-state index in [2.05, 4.69) is 27.7 Å². The average molecular weight is 434 g/mol. The van der Waals surface area contributed by atoms with Crippen molar-refractivity contribution < 1.29 is 9.59 Å². The van der Waals surface area contributed by atoms with Crippen molar-refractivity contribution in [3.8, 4) is 0 Å². The second-order valence-corrected chi connectivity index (χ2v) is 8.19. The van der Waals surface area contributed by atoms with Gasteiger partial charge in [0, 0.05) is 36.3 Å². The zero-order valence-electron chi connectivity index (χ0n) is 17.8. The van der Waals surface area contributed by atoms with Crippen LogP contribution in [0.15, 0.2) is 77.8 Å². The first-order valence-corrected chi connectivity index (χ1v) is 11.1. The lowest BCUT2D eigenvalue weighted by Crippen LogP contribution is -2.36. The summed E-state index contributed by atoms with van der Waals surface area (Å²) in [6, 6.07) is 21.3. The van der Waals surface area contributed by atoms with Gasteiger partial charge in [-0.15, -0.1) is 11.3 Å². The summed E-state index contributed by atoms with van der Waals surface area (Å²) in [4.78, 5) is 28.6. The molecule has 0 spiro atoms. The first-order chi connectivity index (χ1) is 15.0. The number of benzene rings is 2. The molecule has 0 atom stereocenters. The van der Waals surface area contributed by atoms with Crippen molar-refractivity contribution in [1.29, 1.82) is 0 Å². The van der Waals surface area contributed by atoms with Crippen LogP contribution in [-0.2, 0) is 4.79 Å². The summed E-state index contributed by atoms with van der Waals surface area (Å²) in [7, 11) is 2.03. The number of nitrogens with zero attached hydrogens (tertiary/aromatic N) is 1. The van der Waals surface area contributed by atoms with Crippen LogP contribution in [-0.4, -0.2) is 32.0 Å². The first-order valence-electron chi connectivity index (χ1n) is 10.2. The van der Waals surface area contributed by atoms with Crippen LogP contribution in [0.1, 0.15) is 27.2 Å². The van der Waals surface area contributed by atoms with E-state index in [1.165, 1.54) is 11.3 Å². The quantitative estimate of drug-likeness (QED) is 0.387. The third kappa shape index (κ3) is 6.55. The van der Waals surface area contributed by atoms with E-state index < -0.39 is 0 Å². The van der Waals surface area contributed by atoms with E-state index in [0.29, 0.717) is 12.1 Å². The summed E-state index contributed by atoms with van der Waals surface area (Å²) in [5, 5.41) is 7.66. The van der Waals surface area contributed by atoms with Crippen molar-refractivity contribution in [2.24, 2.45) is 0 Å². The zero-order chi connectivity index (χ0) is 22.1. The van der Waals surface area contributed by atoms with Gasteiger partial charge in [-0.25, -0.2) is 0 Å². The lowest BCUT2D eigenvalue weighted by atomic mass is 10.1. The normalized spacial score (nSPS) is 11.1. The van der Waals surface area contributed by atoms with Gasteiger partial charge in [-0.1, -0.05) is 42.5 Å². The van der Waals surface area contributed by atoms with Gasteiger partial charge in [0.15, 0.2) is 0 Å². The number of anilines is 1. The molecule has 3 rings (SSSR count). The molecule has 2 aromatic carbocycles. The lowest BCUT2D eigenvalue weighted by molar-refractivity contribution is -0.117. The van der Waals surface area contributed by atoms with Crippen molar-refractivity contribution in [2.75, 3.05) is 25.0 Å². The second kappa shape index (κ2) is 11.1. The third-order valence-corrected chi connectivity index (χ3v) is 5.68. The maximum Gasteiger partial charge on any atom is 0.267 e. The molecule has 0 radical (unpaired) electrons. The van der Waals surface area contributed by atoms with Gasteiger partial charge in [0.2, 0.25) is 0 Å². The molecule has 0 aliphatic carbocycles. The summed E-state index contributed by atoms with van der Waals surface area (Å²) in [5.74, 6) is -0.586. The number of nitrogens with one attached hydrogen (secondary N) is 2. The number of rotatable bonds is 9. The first kappa shape index (κ1) is 22.3. The van der Waals surface area contributed by atoms with Gasteiger partial charge >= 0.3 is 0 Å². The molecule has 160 valence electrons. The standard InChI is InChI=1S/C25H27N3O2S/c1-19-10-6-7-14-22(19)24(29)27-23(18-21-13-8-17-31-21)25(30)26-15-9-16-28(2)20-11-4-3-5-12-20/h3-8,10-14,17-18H,9,15-16H2,1-2H3,(H,26,30)(H,27,29)/b23-18-. The predicted molar refractivity (Wildman–Crippen MR) is 128 cm³/mol. The van der Waals surface area contributed by atoms with Crippen LogP contribution in [0, 0.1) is 6.92 Å². The Morgan fingerprint density at radius 2 is 1.74 bits per heavy atom. The molecule has 0 saturated carbocycles. The number of hydrogen-bond acceptors (Lipinski definition) is 4. The highest BCUT2D eigenvalue weighted by atomic mass is 32.1. The number of thiophene rings is 1. The van der Waals surface area contributed by atoms with Crippen molar-refractivity contribution in [3.63, 3.8) is 0 Å². The van der Waals surface area contributed by atoms with E-state index in [0.717, 1.165) is 29.1 Å². The Labute approximate surface area is 187 Å². The van der Waals surface area contributed by atoms with Crippen LogP contribution in [0.4, 0.5) is 5.69 Å². The van der Waals surface area contributed by atoms with Gasteiger partial charge < -0.3 is 15.5 Å². The van der Waals surface area contributed by atoms with E-state index in [1.54, 1.807) is 12.1 Å². The number of carbonyl (C=O) groups is 2. The Morgan fingerprint density at radius 3 is 2.45 bits per heavy atom. The maximum atomic E-state index is 12.8. The molecular weight excluding hydrogens is 406 g/mol. The minimum Gasteiger partial charge on any atom is -0.375 e. The van der Waals surface area contributed by atoms with Crippen molar-refractivity contribution in [3.05, 3.63) is 93.8 Å². The van der Waals surface area contributed by atoms with E-state index in [4.69, 9.17) is 0 Å². The molecule has 0 saturated heterocycles. The monoisotopic (exact) mass is 433 g/mol. The molecule has 0 aliphatic rings. The number of carbonyl (C=O) groups excluding carboxylic acids is 2. The van der Waals surface area contributed by atoms with E-state index in [1.807, 2.05) is 67.9 Å². The number of hydrogen-bond donors (Lipinski definition) is 2. The largest absolute Gasteiger partial charge is 0.375 e. The minimum absolute atomic E-state index is 0.243. The van der Waals surface area contributed by atoms with Gasteiger partial charge in [0.25, 0.3) is 11.8 Å². The molecule has 3 aromatic rings. The summed E-state index contributed by atoms with van der Waals surface area (Å²) in [5.41, 5.74) is 2.79. The van der Waals surface area contributed by atoms with Crippen molar-refractivity contribution >= 4 is 34.9 Å². The molecular formula is C25H27N3O2S. The topological polar surface area (TPSA) is 61.4 Å². The number of amides is 2. The van der Waals surface area contributed by atoms with Gasteiger partial charge in [-0.2, -0.15) is 0 Å². The van der Waals surface area contributed by atoms with Crippen LogP contribution in [0.25, 0.3) is 6.08 Å². The molecule has 0 unspecified atom stereocenters. The van der Waals surface area contributed by atoms with Crippen LogP contribution in [0.3, 0.4) is 0 Å². The third-order valence-electron chi connectivity index (χ3n) is 4.87. The van der Waals surface area contributed by atoms with E-state index >= 15 is 0 Å². The predicted octanol–water partition coefficient (Wildman–Crippen LogP) is 4.47. The number of para-hydroxylation sites is 1. The van der Waals surface area contributed by atoms with Crippen LogP contribution < -0.4 is 15.5 Å². The van der Waals surface area contributed by atoms with Crippen LogP contribution in [0.2, 0.25) is 0 Å². The Balaban J connectivity index is 1.60. The van der Waals surface area contributed by atoms with E-state index in [-0.39, 0.29) is 17.5 Å². The summed E-state index contributed by atoms with van der Waals surface area (Å²) >= 11 is 1.51. The van der Waals surface area contributed by atoms with E-state index in [9.17, 15) is 9.59 Å². The number of aryl methyl sites for hydroxylation is 1. The van der Waals surface area contributed by atoms with Gasteiger partial charge in [0.1, 0.15) is 5.70 Å². The highest BCUT2D eigenvalue weighted by Crippen LogP contribution is 2.14. The molecule has 31 heavy (non-hydrogen) atoms. The van der Waals surface area contributed by atoms with Gasteiger partial charge in [0.05, 0.1) is 0 Å². The fourth-order valence-electron chi connectivity index (χ4n) is 3.12. The highest BCUT2D eigenvalue weighted by molar-refractivity contribution is 7.10. The minimum atomic E-state index is -0.294. The van der Waals surface area contributed by atoms with Crippen molar-refractivity contribution in [2.45, 2.75) is 13.3 Å². The van der Waals surface area contributed by atoms with Crippen LogP contribution in [0.5, 0.6) is 0 Å². The molecule has 0 fully saturated rings. The molecule has 5 nitrogen and oxygen atoms in total. The zero-order valence-corrected chi connectivity index (χ0v) is 18.6. The molecule has 1 heterocycles. The van der Waals surface area contributed by atoms with Crippen molar-refractivity contribution in [1.82, 2.24) is 10.6 Å². The Hall–Kier alpha value is -3.38. The molecule has 0 aliphatic heterocycles. The SMILES string of the molecule is Cc1ccccc1C(=O)N/C(=C\c1cccs1)C(=O)NCCCN(C)c1ccccc1. The highest BCUT2D eigenvalue weighted by Gasteiger charge is 2.16. The van der Waals surface area contributed by atoms with Crippen LogP contribution >= 0.6 is 11.3 Å². The summed E-state index contributed by atoms with van der Waals surface area (Å²) in [6.45, 7) is 3.20. The molecule has 2 amide bonds. The second-order valence-electron chi connectivity index (χ2n) is 7.21. The Morgan fingerprint density at radius 1 is 1.00 bits per heavy atom. The maximum absolute atomic E-state index is 12.8. The molecule has 0 bridgehead atoms. The summed E-state index contributed by atoms with van der Waals surface area (Å²) in [6.07, 6.45) is 2.50. The molecule has 6 heteroatoms. The average Bonchev–Trinajstić information content (AvgIpc) is 3.30. The lowest BCUT2D eigenvalue weighted by Gasteiger charge is -2.19. The Kier molecular flexibility index (Phi) is 8.01. The smallest absolute Gasteiger partial charge is 0.267 e.